The number of nitrogens with zero attached hydrogens (tertiary/aromatic N) is 3. The molecule has 4 heterocycles. The Kier molecular flexibility index (Phi) is 6.88. The van der Waals surface area contributed by atoms with Gasteiger partial charge in [0.1, 0.15) is 5.82 Å². The predicted molar refractivity (Wildman–Crippen MR) is 154 cm³/mol. The third-order valence-electron chi connectivity index (χ3n) is 6.01. The van der Waals surface area contributed by atoms with Gasteiger partial charge < -0.3 is 11.1 Å². The first-order valence-corrected chi connectivity index (χ1v) is 13.8. The minimum absolute atomic E-state index is 0.0313. The zero-order valence-electron chi connectivity index (χ0n) is 21.1. The van der Waals surface area contributed by atoms with Crippen molar-refractivity contribution in [1.82, 2.24) is 15.0 Å². The second kappa shape index (κ2) is 10.1. The topological polar surface area (TPSA) is 76.7 Å². The molecular formula is C29H31N5S2. The monoisotopic (exact) mass is 513 g/mol. The summed E-state index contributed by atoms with van der Waals surface area (Å²) in [4.78, 5) is 18.1. The van der Waals surface area contributed by atoms with Crippen LogP contribution in [0.2, 0.25) is 0 Å². The molecule has 0 spiro atoms. The number of benzene rings is 1. The summed E-state index contributed by atoms with van der Waals surface area (Å²) in [6.07, 6.45) is 4.36. The molecule has 0 aliphatic carbocycles. The fraction of sp³-hybridized carbons (Fsp3) is 0.276. The number of hydrogen-bond acceptors (Lipinski definition) is 7. The van der Waals surface area contributed by atoms with E-state index in [0.717, 1.165) is 28.0 Å². The van der Waals surface area contributed by atoms with Gasteiger partial charge in [-0.2, -0.15) is 0 Å². The maximum absolute atomic E-state index is 6.54. The number of aromatic nitrogens is 3. The number of anilines is 1. The first kappa shape index (κ1) is 24.6. The normalized spacial score (nSPS) is 12.7. The van der Waals surface area contributed by atoms with E-state index in [9.17, 15) is 0 Å². The van der Waals surface area contributed by atoms with Crippen LogP contribution in [-0.2, 0) is 11.8 Å². The summed E-state index contributed by atoms with van der Waals surface area (Å²) in [7, 11) is 0. The average Bonchev–Trinajstić information content (AvgIpc) is 3.47. The molecule has 0 fully saturated rings. The second-order valence-electron chi connectivity index (χ2n) is 10.1. The number of rotatable bonds is 7. The highest BCUT2D eigenvalue weighted by Crippen LogP contribution is 2.47. The number of aryl methyl sites for hydroxylation is 1. The van der Waals surface area contributed by atoms with E-state index in [1.807, 2.05) is 29.5 Å². The number of nitrogens with one attached hydrogen (secondary N) is 1. The molecular weight excluding hydrogens is 482 g/mol. The molecule has 36 heavy (non-hydrogen) atoms. The SMILES string of the molecule is Cc1ccc(-c2c(C(C)(C)C)sc3c(NC[C@@H](N)Cc4ccccc4)nc(-c4ccncc4)nc23)s1. The van der Waals surface area contributed by atoms with Crippen molar-refractivity contribution in [2.45, 2.75) is 45.6 Å². The number of nitrogens with two attached hydrogens (primary N) is 1. The minimum Gasteiger partial charge on any atom is -0.367 e. The highest BCUT2D eigenvalue weighted by Gasteiger charge is 2.28. The number of hydrogen-bond donors (Lipinski definition) is 2. The van der Waals surface area contributed by atoms with Crippen LogP contribution in [0.25, 0.3) is 32.0 Å². The first-order valence-electron chi connectivity index (χ1n) is 12.1. The molecule has 0 bridgehead atoms. The molecule has 0 saturated heterocycles. The third kappa shape index (κ3) is 5.19. The molecule has 0 amide bonds. The summed E-state index contributed by atoms with van der Waals surface area (Å²) < 4.78 is 1.07. The van der Waals surface area contributed by atoms with Crippen LogP contribution >= 0.6 is 22.7 Å². The van der Waals surface area contributed by atoms with E-state index in [1.54, 1.807) is 23.7 Å². The van der Waals surface area contributed by atoms with E-state index in [4.69, 9.17) is 15.7 Å². The van der Waals surface area contributed by atoms with Crippen LogP contribution in [0.1, 0.15) is 36.1 Å². The van der Waals surface area contributed by atoms with Crippen LogP contribution in [-0.4, -0.2) is 27.5 Å². The standard InChI is InChI=1S/C29H31N5S2/c1-18-10-11-22(35-18)23-24-25(36-26(23)29(2,3)4)28(34-27(33-24)20-12-14-31-15-13-20)32-17-21(30)16-19-8-6-5-7-9-19/h5-15,21H,16-17,30H2,1-4H3,(H,32,33,34)/t21-/m0/s1. The molecule has 3 N–H and O–H groups in total. The summed E-state index contributed by atoms with van der Waals surface area (Å²) in [6.45, 7) is 9.57. The van der Waals surface area contributed by atoms with Crippen molar-refractivity contribution in [1.29, 1.82) is 0 Å². The van der Waals surface area contributed by atoms with Gasteiger partial charge in [0, 0.05) is 50.7 Å². The van der Waals surface area contributed by atoms with Crippen LogP contribution in [0.3, 0.4) is 0 Å². The fourth-order valence-electron chi connectivity index (χ4n) is 4.27. The Labute approximate surface area is 220 Å². The molecule has 0 saturated carbocycles. The first-order chi connectivity index (χ1) is 17.3. The van der Waals surface area contributed by atoms with Crippen LogP contribution in [0, 0.1) is 6.92 Å². The molecule has 1 atom stereocenters. The number of pyridine rings is 1. The summed E-state index contributed by atoms with van der Waals surface area (Å²) >= 11 is 3.60. The maximum atomic E-state index is 6.54. The third-order valence-corrected chi connectivity index (χ3v) is 8.64. The quantitative estimate of drug-likeness (QED) is 0.243. The Balaban J connectivity index is 1.62. The van der Waals surface area contributed by atoms with Gasteiger partial charge in [-0.3, -0.25) is 4.98 Å². The molecule has 5 aromatic rings. The van der Waals surface area contributed by atoms with E-state index >= 15 is 0 Å². The van der Waals surface area contributed by atoms with Crippen molar-refractivity contribution >= 4 is 38.7 Å². The Bertz CT molecular complexity index is 1470. The van der Waals surface area contributed by atoms with Gasteiger partial charge in [0.25, 0.3) is 0 Å². The molecule has 184 valence electrons. The summed E-state index contributed by atoms with van der Waals surface area (Å²) in [5.41, 5.74) is 10.9. The molecule has 1 aromatic carbocycles. The van der Waals surface area contributed by atoms with Crippen molar-refractivity contribution in [3.8, 4) is 21.8 Å². The lowest BCUT2D eigenvalue weighted by atomic mass is 9.91. The van der Waals surface area contributed by atoms with E-state index < -0.39 is 0 Å². The van der Waals surface area contributed by atoms with Gasteiger partial charge >= 0.3 is 0 Å². The van der Waals surface area contributed by atoms with Gasteiger partial charge in [0.2, 0.25) is 0 Å². The second-order valence-corrected chi connectivity index (χ2v) is 12.4. The highest BCUT2D eigenvalue weighted by molar-refractivity contribution is 7.21. The van der Waals surface area contributed by atoms with Crippen molar-refractivity contribution in [3.63, 3.8) is 0 Å². The lowest BCUT2D eigenvalue weighted by molar-refractivity contribution is 0.606. The van der Waals surface area contributed by atoms with Crippen molar-refractivity contribution in [2.75, 3.05) is 11.9 Å². The van der Waals surface area contributed by atoms with E-state index in [2.05, 4.69) is 74.4 Å². The largest absolute Gasteiger partial charge is 0.367 e. The van der Waals surface area contributed by atoms with Gasteiger partial charge in [-0.15, -0.1) is 22.7 Å². The lowest BCUT2D eigenvalue weighted by Crippen LogP contribution is -2.31. The Morgan fingerprint density at radius 2 is 1.69 bits per heavy atom. The van der Waals surface area contributed by atoms with Crippen molar-refractivity contribution in [3.05, 3.63) is 82.3 Å². The number of thiophene rings is 2. The smallest absolute Gasteiger partial charge is 0.162 e. The van der Waals surface area contributed by atoms with Crippen LogP contribution in [0.4, 0.5) is 5.82 Å². The molecule has 0 unspecified atom stereocenters. The summed E-state index contributed by atoms with van der Waals surface area (Å²) in [5, 5.41) is 3.59. The Hall–Kier alpha value is -3.13. The van der Waals surface area contributed by atoms with Crippen LogP contribution < -0.4 is 11.1 Å². The zero-order chi connectivity index (χ0) is 25.3. The average molecular weight is 514 g/mol. The predicted octanol–water partition coefficient (Wildman–Crippen LogP) is 7.07. The van der Waals surface area contributed by atoms with Gasteiger partial charge in [-0.05, 0) is 48.6 Å². The lowest BCUT2D eigenvalue weighted by Gasteiger charge is -2.18. The van der Waals surface area contributed by atoms with Crippen molar-refractivity contribution < 1.29 is 0 Å². The molecule has 0 aliphatic heterocycles. The zero-order valence-corrected chi connectivity index (χ0v) is 22.7. The van der Waals surface area contributed by atoms with Gasteiger partial charge in [-0.1, -0.05) is 51.1 Å². The number of fused-ring (bicyclic) bond motifs is 1. The maximum Gasteiger partial charge on any atom is 0.162 e. The van der Waals surface area contributed by atoms with Gasteiger partial charge in [0.15, 0.2) is 5.82 Å². The van der Waals surface area contributed by atoms with Gasteiger partial charge in [0.05, 0.1) is 10.2 Å². The Morgan fingerprint density at radius 3 is 2.36 bits per heavy atom. The summed E-state index contributed by atoms with van der Waals surface area (Å²) in [5.74, 6) is 1.53. The van der Waals surface area contributed by atoms with Crippen LogP contribution in [0.5, 0.6) is 0 Å². The fourth-order valence-corrected chi connectivity index (χ4v) is 6.53. The molecule has 4 aromatic heterocycles. The van der Waals surface area contributed by atoms with Crippen molar-refractivity contribution in [2.24, 2.45) is 5.73 Å². The van der Waals surface area contributed by atoms with E-state index in [0.29, 0.717) is 12.4 Å². The van der Waals surface area contributed by atoms with E-state index in [1.165, 1.54) is 25.8 Å². The molecule has 0 radical (unpaired) electrons. The summed E-state index contributed by atoms with van der Waals surface area (Å²) in [6, 6.07) is 18.6. The Morgan fingerprint density at radius 1 is 0.944 bits per heavy atom. The van der Waals surface area contributed by atoms with E-state index in [-0.39, 0.29) is 11.5 Å². The highest BCUT2D eigenvalue weighted by atomic mass is 32.1. The minimum atomic E-state index is -0.0387. The molecule has 5 nitrogen and oxygen atoms in total. The molecule has 0 aliphatic rings. The van der Waals surface area contributed by atoms with Crippen LogP contribution in [0.15, 0.2) is 67.0 Å². The van der Waals surface area contributed by atoms with Gasteiger partial charge in [-0.25, -0.2) is 9.97 Å². The molecule has 5 rings (SSSR count). The molecule has 7 heteroatoms.